The van der Waals surface area contributed by atoms with E-state index in [0.717, 1.165) is 11.1 Å². The van der Waals surface area contributed by atoms with E-state index in [1.165, 1.54) is 4.90 Å². The zero-order valence-electron chi connectivity index (χ0n) is 17.4. The Bertz CT molecular complexity index is 1220. The fourth-order valence-electron chi connectivity index (χ4n) is 3.62. The van der Waals surface area contributed by atoms with Crippen LogP contribution in [0.1, 0.15) is 16.7 Å². The average Bonchev–Trinajstić information content (AvgIpc) is 2.99. The van der Waals surface area contributed by atoms with Crippen LogP contribution in [-0.4, -0.2) is 18.9 Å². The molecule has 1 heterocycles. The van der Waals surface area contributed by atoms with E-state index in [2.05, 4.69) is 5.32 Å². The predicted octanol–water partition coefficient (Wildman–Crippen LogP) is 5.36. The van der Waals surface area contributed by atoms with Crippen LogP contribution in [0.2, 0.25) is 5.02 Å². The van der Waals surface area contributed by atoms with Crippen molar-refractivity contribution < 1.29 is 14.3 Å². The van der Waals surface area contributed by atoms with Gasteiger partial charge in [0.15, 0.2) is 0 Å². The number of anilines is 2. The van der Waals surface area contributed by atoms with E-state index in [1.807, 2.05) is 44.2 Å². The third kappa shape index (κ3) is 3.80. The number of ether oxygens (including phenoxy) is 1. The molecule has 1 N–H and O–H groups in total. The SMILES string of the molecule is COc1ccc(C)cc1NC1=C(c2ccc(Cl)cc2)C(=O)N(c2ccccc2C)C1=O. The van der Waals surface area contributed by atoms with Crippen LogP contribution in [0.25, 0.3) is 5.57 Å². The second-order valence-corrected chi connectivity index (χ2v) is 7.75. The number of aryl methyl sites for hydroxylation is 2. The van der Waals surface area contributed by atoms with Gasteiger partial charge in [0.25, 0.3) is 11.8 Å². The molecule has 5 nitrogen and oxygen atoms in total. The van der Waals surface area contributed by atoms with E-state index >= 15 is 0 Å². The summed E-state index contributed by atoms with van der Waals surface area (Å²) >= 11 is 6.04. The molecule has 1 aliphatic heterocycles. The molecule has 156 valence electrons. The van der Waals surface area contributed by atoms with Crippen molar-refractivity contribution in [2.24, 2.45) is 0 Å². The Labute approximate surface area is 185 Å². The Hall–Kier alpha value is -3.57. The highest BCUT2D eigenvalue weighted by atomic mass is 35.5. The van der Waals surface area contributed by atoms with Crippen molar-refractivity contribution in [1.82, 2.24) is 0 Å². The highest BCUT2D eigenvalue weighted by molar-refractivity contribution is 6.46. The molecule has 0 fully saturated rings. The average molecular weight is 433 g/mol. The molecular formula is C25H21ClN2O3. The monoisotopic (exact) mass is 432 g/mol. The van der Waals surface area contributed by atoms with Crippen molar-refractivity contribution in [3.8, 4) is 5.75 Å². The number of halogens is 1. The maximum Gasteiger partial charge on any atom is 0.282 e. The number of methoxy groups -OCH3 is 1. The van der Waals surface area contributed by atoms with Gasteiger partial charge in [-0.15, -0.1) is 0 Å². The molecule has 31 heavy (non-hydrogen) atoms. The molecule has 0 atom stereocenters. The van der Waals surface area contributed by atoms with Crippen molar-refractivity contribution in [1.29, 1.82) is 0 Å². The number of imide groups is 1. The number of carbonyl (C=O) groups is 2. The van der Waals surface area contributed by atoms with E-state index in [1.54, 1.807) is 43.5 Å². The van der Waals surface area contributed by atoms with E-state index in [0.29, 0.717) is 27.7 Å². The number of benzene rings is 3. The Morgan fingerprint density at radius 2 is 1.61 bits per heavy atom. The number of carbonyl (C=O) groups excluding carboxylic acids is 2. The van der Waals surface area contributed by atoms with Gasteiger partial charge in [-0.1, -0.05) is 48.0 Å². The number of para-hydroxylation sites is 1. The van der Waals surface area contributed by atoms with Gasteiger partial charge >= 0.3 is 0 Å². The van der Waals surface area contributed by atoms with Gasteiger partial charge in [0.2, 0.25) is 0 Å². The van der Waals surface area contributed by atoms with Gasteiger partial charge in [0.1, 0.15) is 11.4 Å². The van der Waals surface area contributed by atoms with Crippen molar-refractivity contribution in [3.05, 3.63) is 94.1 Å². The Kier molecular flexibility index (Phi) is 5.53. The van der Waals surface area contributed by atoms with Crippen LogP contribution in [0.15, 0.2) is 72.4 Å². The largest absolute Gasteiger partial charge is 0.495 e. The van der Waals surface area contributed by atoms with Crippen molar-refractivity contribution >= 4 is 40.4 Å². The molecule has 4 rings (SSSR count). The molecule has 0 saturated heterocycles. The highest BCUT2D eigenvalue weighted by Crippen LogP contribution is 2.37. The summed E-state index contributed by atoms with van der Waals surface area (Å²) in [5, 5.41) is 3.72. The van der Waals surface area contributed by atoms with Crippen LogP contribution >= 0.6 is 11.6 Å². The van der Waals surface area contributed by atoms with Gasteiger partial charge in [0, 0.05) is 5.02 Å². The summed E-state index contributed by atoms with van der Waals surface area (Å²) in [6.45, 7) is 3.81. The second-order valence-electron chi connectivity index (χ2n) is 7.32. The highest BCUT2D eigenvalue weighted by Gasteiger charge is 2.41. The van der Waals surface area contributed by atoms with Crippen LogP contribution in [0.3, 0.4) is 0 Å². The Morgan fingerprint density at radius 3 is 2.29 bits per heavy atom. The lowest BCUT2D eigenvalue weighted by Crippen LogP contribution is -2.33. The molecule has 0 bridgehead atoms. The normalized spacial score (nSPS) is 13.7. The summed E-state index contributed by atoms with van der Waals surface area (Å²) < 4.78 is 5.45. The molecule has 3 aromatic carbocycles. The summed E-state index contributed by atoms with van der Waals surface area (Å²) in [4.78, 5) is 28.3. The van der Waals surface area contributed by atoms with Crippen LogP contribution < -0.4 is 15.0 Å². The van der Waals surface area contributed by atoms with Gasteiger partial charge in [-0.25, -0.2) is 4.90 Å². The van der Waals surface area contributed by atoms with Crippen LogP contribution in [0.5, 0.6) is 5.75 Å². The fourth-order valence-corrected chi connectivity index (χ4v) is 3.74. The van der Waals surface area contributed by atoms with Gasteiger partial charge in [-0.05, 0) is 60.9 Å². The minimum atomic E-state index is -0.423. The third-order valence-electron chi connectivity index (χ3n) is 5.19. The van der Waals surface area contributed by atoms with E-state index < -0.39 is 11.8 Å². The smallest absolute Gasteiger partial charge is 0.282 e. The standard InChI is InChI=1S/C25H21ClN2O3/c1-15-8-13-21(31-3)19(14-15)27-23-22(17-9-11-18(26)12-10-17)24(29)28(25(23)30)20-7-5-4-6-16(20)2/h4-14,27H,1-3H3. The minimum Gasteiger partial charge on any atom is -0.495 e. The van der Waals surface area contributed by atoms with E-state index in [9.17, 15) is 9.59 Å². The summed E-state index contributed by atoms with van der Waals surface area (Å²) in [5.74, 6) is -0.244. The first-order valence-electron chi connectivity index (χ1n) is 9.77. The molecule has 0 aromatic heterocycles. The summed E-state index contributed by atoms with van der Waals surface area (Å²) in [6.07, 6.45) is 0. The van der Waals surface area contributed by atoms with Gasteiger partial charge in [-0.3, -0.25) is 9.59 Å². The molecule has 0 aliphatic carbocycles. The first kappa shape index (κ1) is 20.7. The number of hydrogen-bond donors (Lipinski definition) is 1. The number of nitrogens with one attached hydrogen (secondary N) is 1. The maximum absolute atomic E-state index is 13.5. The lowest BCUT2D eigenvalue weighted by molar-refractivity contribution is -0.120. The Balaban J connectivity index is 1.87. The first-order valence-corrected chi connectivity index (χ1v) is 10.1. The summed E-state index contributed by atoms with van der Waals surface area (Å²) in [7, 11) is 1.56. The number of hydrogen-bond acceptors (Lipinski definition) is 4. The van der Waals surface area contributed by atoms with Crippen LogP contribution in [0, 0.1) is 13.8 Å². The van der Waals surface area contributed by atoms with E-state index in [4.69, 9.17) is 16.3 Å². The Morgan fingerprint density at radius 1 is 0.903 bits per heavy atom. The van der Waals surface area contributed by atoms with Gasteiger partial charge in [-0.2, -0.15) is 0 Å². The fraction of sp³-hybridized carbons (Fsp3) is 0.120. The van der Waals surface area contributed by atoms with Crippen LogP contribution in [0.4, 0.5) is 11.4 Å². The number of amides is 2. The van der Waals surface area contributed by atoms with E-state index in [-0.39, 0.29) is 11.3 Å². The molecule has 0 unspecified atom stereocenters. The minimum absolute atomic E-state index is 0.194. The summed E-state index contributed by atoms with van der Waals surface area (Å²) in [6, 6.07) is 19.8. The van der Waals surface area contributed by atoms with Crippen molar-refractivity contribution in [3.63, 3.8) is 0 Å². The van der Waals surface area contributed by atoms with Crippen LogP contribution in [-0.2, 0) is 9.59 Å². The predicted molar refractivity (Wildman–Crippen MR) is 123 cm³/mol. The lowest BCUT2D eigenvalue weighted by Gasteiger charge is -2.18. The molecular weight excluding hydrogens is 412 g/mol. The van der Waals surface area contributed by atoms with Crippen molar-refractivity contribution in [2.45, 2.75) is 13.8 Å². The summed E-state index contributed by atoms with van der Waals surface area (Å²) in [5.41, 5.74) is 4.06. The number of nitrogens with zero attached hydrogens (tertiary/aromatic N) is 1. The molecule has 3 aromatic rings. The molecule has 2 amide bonds. The zero-order chi connectivity index (χ0) is 22.1. The quantitative estimate of drug-likeness (QED) is 0.551. The first-order chi connectivity index (χ1) is 14.9. The number of rotatable bonds is 5. The maximum atomic E-state index is 13.5. The molecule has 0 saturated carbocycles. The second kappa shape index (κ2) is 8.28. The van der Waals surface area contributed by atoms with Gasteiger partial charge in [0.05, 0.1) is 24.1 Å². The molecule has 6 heteroatoms. The molecule has 1 aliphatic rings. The topological polar surface area (TPSA) is 58.6 Å². The third-order valence-corrected chi connectivity index (χ3v) is 5.44. The zero-order valence-corrected chi connectivity index (χ0v) is 18.2. The molecule has 0 radical (unpaired) electrons. The van der Waals surface area contributed by atoms with Gasteiger partial charge < -0.3 is 10.1 Å². The molecule has 0 spiro atoms. The lowest BCUT2D eigenvalue weighted by atomic mass is 10.0. The van der Waals surface area contributed by atoms with Crippen molar-refractivity contribution in [2.75, 3.05) is 17.3 Å².